The van der Waals surface area contributed by atoms with E-state index in [-0.39, 0.29) is 31.7 Å². The third kappa shape index (κ3) is 7.44. The lowest BCUT2D eigenvalue weighted by Gasteiger charge is -2.18. The Morgan fingerprint density at radius 3 is 2.67 bits per heavy atom. The van der Waals surface area contributed by atoms with Crippen LogP contribution in [0.3, 0.4) is 0 Å². The number of nitrogens with one attached hydrogen (secondary N) is 3. The van der Waals surface area contributed by atoms with E-state index in [1.807, 2.05) is 0 Å². The molecule has 0 aliphatic rings. The zero-order chi connectivity index (χ0) is 20.4. The van der Waals surface area contributed by atoms with Crippen LogP contribution in [0.1, 0.15) is 25.3 Å². The molecule has 1 heterocycles. The predicted molar refractivity (Wildman–Crippen MR) is 95.9 cm³/mol. The van der Waals surface area contributed by atoms with Crippen molar-refractivity contribution in [3.05, 3.63) is 32.6 Å². The Kier molecular flexibility index (Phi) is 8.93. The first-order chi connectivity index (χ1) is 12.8. The minimum atomic E-state index is -0.921. The number of amides is 2. The molecule has 0 saturated heterocycles. The zero-order valence-electron chi connectivity index (χ0n) is 15.4. The highest BCUT2D eigenvalue weighted by Gasteiger charge is 2.21. The van der Waals surface area contributed by atoms with Crippen molar-refractivity contribution in [3.8, 4) is 0 Å². The molecule has 0 aliphatic carbocycles. The molecule has 11 heteroatoms. The smallest absolute Gasteiger partial charge is 0.328 e. The molecule has 0 aliphatic heterocycles. The van der Waals surface area contributed by atoms with E-state index in [4.69, 9.17) is 10.5 Å². The SMILES string of the molecule is CCOC(=O)CNC(=O)[C@@H](CCCN)NC(=O)Cn1cc(C)c(=O)[nH]c1=O. The van der Waals surface area contributed by atoms with Crippen molar-refractivity contribution in [2.45, 2.75) is 39.3 Å². The van der Waals surface area contributed by atoms with Gasteiger partial charge in [-0.1, -0.05) is 0 Å². The van der Waals surface area contributed by atoms with Crippen LogP contribution in [0, 0.1) is 6.92 Å². The maximum Gasteiger partial charge on any atom is 0.328 e. The number of rotatable bonds is 10. The molecule has 0 unspecified atom stereocenters. The summed E-state index contributed by atoms with van der Waals surface area (Å²) in [6.07, 6.45) is 1.99. The summed E-state index contributed by atoms with van der Waals surface area (Å²) in [6.45, 7) is 2.95. The second kappa shape index (κ2) is 10.9. The van der Waals surface area contributed by atoms with Gasteiger partial charge in [0.05, 0.1) is 6.61 Å². The Bertz CT molecular complexity index is 784. The molecule has 150 valence electrons. The lowest BCUT2D eigenvalue weighted by Crippen LogP contribution is -2.49. The number of aromatic nitrogens is 2. The van der Waals surface area contributed by atoms with Gasteiger partial charge >= 0.3 is 11.7 Å². The molecule has 1 atom stereocenters. The van der Waals surface area contributed by atoms with Crippen molar-refractivity contribution in [3.63, 3.8) is 0 Å². The lowest BCUT2D eigenvalue weighted by atomic mass is 10.1. The number of aromatic amines is 1. The van der Waals surface area contributed by atoms with Crippen molar-refractivity contribution < 1.29 is 19.1 Å². The number of nitrogens with zero attached hydrogens (tertiary/aromatic N) is 1. The number of carbonyl (C=O) groups excluding carboxylic acids is 3. The quantitative estimate of drug-likeness (QED) is 0.331. The molecule has 1 rings (SSSR count). The third-order valence-corrected chi connectivity index (χ3v) is 3.56. The average Bonchev–Trinajstić information content (AvgIpc) is 2.61. The first-order valence-corrected chi connectivity index (χ1v) is 8.51. The minimum Gasteiger partial charge on any atom is -0.465 e. The van der Waals surface area contributed by atoms with Gasteiger partial charge in [-0.2, -0.15) is 0 Å². The first-order valence-electron chi connectivity index (χ1n) is 8.51. The predicted octanol–water partition coefficient (Wildman–Crippen LogP) is -2.25. The van der Waals surface area contributed by atoms with Gasteiger partial charge in [-0.15, -0.1) is 0 Å². The van der Waals surface area contributed by atoms with Crippen LogP contribution in [-0.4, -0.2) is 53.1 Å². The summed E-state index contributed by atoms with van der Waals surface area (Å²) in [5, 5.41) is 4.90. The molecular weight excluding hydrogens is 358 g/mol. The summed E-state index contributed by atoms with van der Waals surface area (Å²) in [5.74, 6) is -1.75. The number of hydrogen-bond acceptors (Lipinski definition) is 7. The molecule has 1 aromatic rings. The Balaban J connectivity index is 2.74. The molecule has 11 nitrogen and oxygen atoms in total. The normalized spacial score (nSPS) is 11.5. The number of aryl methyl sites for hydroxylation is 1. The fourth-order valence-corrected chi connectivity index (χ4v) is 2.22. The summed E-state index contributed by atoms with van der Waals surface area (Å²) in [6, 6.07) is -0.921. The van der Waals surface area contributed by atoms with Crippen LogP contribution in [0.15, 0.2) is 15.8 Å². The van der Waals surface area contributed by atoms with E-state index in [2.05, 4.69) is 15.6 Å². The molecule has 0 saturated carbocycles. The summed E-state index contributed by atoms with van der Waals surface area (Å²) in [4.78, 5) is 61.0. The van der Waals surface area contributed by atoms with Crippen molar-refractivity contribution in [2.75, 3.05) is 19.7 Å². The largest absolute Gasteiger partial charge is 0.465 e. The van der Waals surface area contributed by atoms with Crippen molar-refractivity contribution in [2.24, 2.45) is 5.73 Å². The standard InChI is InChI=1S/C16H25N5O6/c1-3-27-13(23)7-18-15(25)11(5-4-6-17)19-12(22)9-21-8-10(2)14(24)20-16(21)26/h8,11H,3-7,9,17H2,1-2H3,(H,18,25)(H,19,22)(H,20,24,26)/t11-/m1/s1. The fraction of sp³-hybridized carbons (Fsp3) is 0.562. The highest BCUT2D eigenvalue weighted by Crippen LogP contribution is 1.98. The third-order valence-electron chi connectivity index (χ3n) is 3.56. The summed E-state index contributed by atoms with van der Waals surface area (Å²) in [5.41, 5.74) is 4.46. The van der Waals surface area contributed by atoms with Gasteiger partial charge in [-0.05, 0) is 33.2 Å². The molecular formula is C16H25N5O6. The number of hydrogen-bond donors (Lipinski definition) is 4. The highest BCUT2D eigenvalue weighted by atomic mass is 16.5. The molecule has 0 aromatic carbocycles. The van der Waals surface area contributed by atoms with Crippen LogP contribution in [0.25, 0.3) is 0 Å². The van der Waals surface area contributed by atoms with Crippen molar-refractivity contribution >= 4 is 17.8 Å². The first kappa shape index (κ1) is 22.1. The monoisotopic (exact) mass is 383 g/mol. The fourth-order valence-electron chi connectivity index (χ4n) is 2.22. The summed E-state index contributed by atoms with van der Waals surface area (Å²) in [7, 11) is 0. The minimum absolute atomic E-state index is 0.190. The number of ether oxygens (including phenoxy) is 1. The zero-order valence-corrected chi connectivity index (χ0v) is 15.4. The highest BCUT2D eigenvalue weighted by molar-refractivity contribution is 5.89. The van der Waals surface area contributed by atoms with E-state index in [0.717, 1.165) is 4.57 Å². The molecule has 1 aromatic heterocycles. The van der Waals surface area contributed by atoms with Crippen molar-refractivity contribution in [1.82, 2.24) is 20.2 Å². The Morgan fingerprint density at radius 1 is 1.33 bits per heavy atom. The van der Waals surface area contributed by atoms with Gasteiger partial charge < -0.3 is 21.1 Å². The van der Waals surface area contributed by atoms with E-state index in [9.17, 15) is 24.0 Å². The summed E-state index contributed by atoms with van der Waals surface area (Å²) < 4.78 is 5.75. The van der Waals surface area contributed by atoms with Crippen molar-refractivity contribution in [1.29, 1.82) is 0 Å². The number of H-pyrrole nitrogens is 1. The van der Waals surface area contributed by atoms with E-state index in [0.29, 0.717) is 13.0 Å². The maximum absolute atomic E-state index is 12.2. The Labute approximate surface area is 155 Å². The van der Waals surface area contributed by atoms with Crippen LogP contribution in [-0.2, 0) is 25.7 Å². The molecule has 0 bridgehead atoms. The van der Waals surface area contributed by atoms with Gasteiger partial charge in [0.1, 0.15) is 19.1 Å². The number of nitrogens with two attached hydrogens (primary N) is 1. The van der Waals surface area contributed by atoms with Gasteiger partial charge in [0, 0.05) is 11.8 Å². The molecule has 0 spiro atoms. The van der Waals surface area contributed by atoms with Crippen LogP contribution in [0.4, 0.5) is 0 Å². The lowest BCUT2D eigenvalue weighted by molar-refractivity contribution is -0.143. The topological polar surface area (TPSA) is 165 Å². The second-order valence-electron chi connectivity index (χ2n) is 5.77. The maximum atomic E-state index is 12.2. The Hall–Kier alpha value is -2.95. The molecule has 0 fully saturated rings. The van der Waals surface area contributed by atoms with Crippen LogP contribution in [0.5, 0.6) is 0 Å². The van der Waals surface area contributed by atoms with Crippen LogP contribution in [0.2, 0.25) is 0 Å². The van der Waals surface area contributed by atoms with Gasteiger partial charge in [-0.25, -0.2) is 4.79 Å². The van der Waals surface area contributed by atoms with Gasteiger partial charge in [-0.3, -0.25) is 28.7 Å². The molecule has 5 N–H and O–H groups in total. The van der Waals surface area contributed by atoms with E-state index >= 15 is 0 Å². The van der Waals surface area contributed by atoms with Gasteiger partial charge in [0.25, 0.3) is 5.56 Å². The number of esters is 1. The van der Waals surface area contributed by atoms with Gasteiger partial charge in [0.2, 0.25) is 11.8 Å². The molecule has 0 radical (unpaired) electrons. The van der Waals surface area contributed by atoms with E-state index in [1.54, 1.807) is 6.92 Å². The average molecular weight is 383 g/mol. The molecule has 2 amide bonds. The van der Waals surface area contributed by atoms with E-state index < -0.39 is 35.1 Å². The van der Waals surface area contributed by atoms with Crippen LogP contribution < -0.4 is 27.6 Å². The number of carbonyl (C=O) groups is 3. The second-order valence-corrected chi connectivity index (χ2v) is 5.77. The summed E-state index contributed by atoms with van der Waals surface area (Å²) >= 11 is 0. The van der Waals surface area contributed by atoms with Gasteiger partial charge in [0.15, 0.2) is 0 Å². The van der Waals surface area contributed by atoms with Crippen LogP contribution >= 0.6 is 0 Å². The van der Waals surface area contributed by atoms with E-state index in [1.165, 1.54) is 13.1 Å². The Morgan fingerprint density at radius 2 is 2.04 bits per heavy atom. The molecule has 27 heavy (non-hydrogen) atoms.